The summed E-state index contributed by atoms with van der Waals surface area (Å²) < 4.78 is 6.56. The molecule has 4 nitrogen and oxygen atoms in total. The van der Waals surface area contributed by atoms with Crippen molar-refractivity contribution >= 4 is 33.5 Å². The molecule has 26 heavy (non-hydrogen) atoms. The Kier molecular flexibility index (Phi) is 4.81. The molecule has 134 valence electrons. The van der Waals surface area contributed by atoms with Crippen molar-refractivity contribution in [3.8, 4) is 0 Å². The van der Waals surface area contributed by atoms with E-state index in [1.807, 2.05) is 48.5 Å². The van der Waals surface area contributed by atoms with Crippen molar-refractivity contribution in [3.05, 3.63) is 64.1 Å². The number of para-hydroxylation sites is 1. The smallest absolute Gasteiger partial charge is 0.309 e. The van der Waals surface area contributed by atoms with Crippen LogP contribution in [0, 0.1) is 11.8 Å². The Bertz CT molecular complexity index is 829. The van der Waals surface area contributed by atoms with E-state index in [0.717, 1.165) is 35.0 Å². The van der Waals surface area contributed by atoms with Crippen LogP contribution in [0.3, 0.4) is 0 Å². The number of halogens is 1. The summed E-state index contributed by atoms with van der Waals surface area (Å²) in [4.78, 5) is 24.3. The van der Waals surface area contributed by atoms with Crippen molar-refractivity contribution in [1.29, 1.82) is 0 Å². The Labute approximate surface area is 161 Å². The first kappa shape index (κ1) is 17.3. The fourth-order valence-corrected chi connectivity index (χ4v) is 3.40. The van der Waals surface area contributed by atoms with Crippen molar-refractivity contribution in [1.82, 2.24) is 0 Å². The van der Waals surface area contributed by atoms with Gasteiger partial charge in [0.25, 0.3) is 0 Å². The minimum Gasteiger partial charge on any atom is -0.460 e. The summed E-state index contributed by atoms with van der Waals surface area (Å²) in [6.07, 6.45) is 2.75. The van der Waals surface area contributed by atoms with Crippen LogP contribution in [0.1, 0.15) is 36.3 Å². The molecule has 0 heterocycles. The van der Waals surface area contributed by atoms with Gasteiger partial charge in [0, 0.05) is 21.6 Å². The van der Waals surface area contributed by atoms with Crippen LogP contribution in [0.25, 0.3) is 0 Å². The first-order valence-corrected chi connectivity index (χ1v) is 9.72. The van der Waals surface area contributed by atoms with Gasteiger partial charge in [-0.25, -0.2) is 0 Å². The largest absolute Gasteiger partial charge is 0.460 e. The number of anilines is 1. The average Bonchev–Trinajstić information content (AvgIpc) is 3.54. The molecule has 2 aliphatic carbocycles. The fourth-order valence-electron chi connectivity index (χ4n) is 3.14. The van der Waals surface area contributed by atoms with E-state index < -0.39 is 0 Å². The number of benzene rings is 2. The van der Waals surface area contributed by atoms with Crippen LogP contribution >= 0.6 is 15.9 Å². The molecule has 0 spiro atoms. The molecule has 0 saturated heterocycles. The van der Waals surface area contributed by atoms with E-state index >= 15 is 0 Å². The minimum absolute atomic E-state index is 0.0567. The van der Waals surface area contributed by atoms with E-state index in [1.165, 1.54) is 5.56 Å². The van der Waals surface area contributed by atoms with Gasteiger partial charge in [-0.15, -0.1) is 0 Å². The lowest BCUT2D eigenvalue weighted by Gasteiger charge is -2.11. The second-order valence-electron chi connectivity index (χ2n) is 7.03. The second kappa shape index (κ2) is 7.23. The molecule has 2 fully saturated rings. The molecule has 1 amide bonds. The van der Waals surface area contributed by atoms with E-state index in [1.54, 1.807) is 0 Å². The standard InChI is InChI=1S/C21H20BrNO3/c22-16-9-7-13(8-10-16)17-11-18(17)21(25)26-12-15-3-1-2-4-19(15)23-20(24)14-5-6-14/h1-4,7-10,14,17-18H,5-6,11-12H2,(H,23,24)/t17-,18+/m0/s1. The topological polar surface area (TPSA) is 55.4 Å². The zero-order chi connectivity index (χ0) is 18.1. The lowest BCUT2D eigenvalue weighted by Crippen LogP contribution is -2.15. The number of amides is 1. The third-order valence-electron chi connectivity index (χ3n) is 4.98. The zero-order valence-corrected chi connectivity index (χ0v) is 15.9. The van der Waals surface area contributed by atoms with Gasteiger partial charge < -0.3 is 10.1 Å². The van der Waals surface area contributed by atoms with Gasteiger partial charge in [-0.3, -0.25) is 9.59 Å². The third-order valence-corrected chi connectivity index (χ3v) is 5.51. The zero-order valence-electron chi connectivity index (χ0n) is 14.3. The van der Waals surface area contributed by atoms with E-state index in [9.17, 15) is 9.59 Å². The quantitative estimate of drug-likeness (QED) is 0.701. The van der Waals surface area contributed by atoms with Crippen LogP contribution in [-0.4, -0.2) is 11.9 Å². The van der Waals surface area contributed by atoms with Gasteiger partial charge >= 0.3 is 5.97 Å². The monoisotopic (exact) mass is 413 g/mol. The van der Waals surface area contributed by atoms with Crippen molar-refractivity contribution < 1.29 is 14.3 Å². The SMILES string of the molecule is O=C(Nc1ccccc1COC(=O)[C@@H]1C[C@H]1c1ccc(Br)cc1)C1CC1. The highest BCUT2D eigenvalue weighted by atomic mass is 79.9. The summed E-state index contributed by atoms with van der Waals surface area (Å²) in [5, 5.41) is 2.95. The van der Waals surface area contributed by atoms with Gasteiger partial charge in [-0.1, -0.05) is 46.3 Å². The number of carbonyl (C=O) groups excluding carboxylic acids is 2. The van der Waals surface area contributed by atoms with Gasteiger partial charge in [0.15, 0.2) is 0 Å². The average molecular weight is 414 g/mol. The van der Waals surface area contributed by atoms with Gasteiger partial charge in [0.1, 0.15) is 6.61 Å². The third kappa shape index (κ3) is 3.98. The van der Waals surface area contributed by atoms with Gasteiger partial charge in [0.2, 0.25) is 5.91 Å². The predicted molar refractivity (Wildman–Crippen MR) is 103 cm³/mol. The number of hydrogen-bond acceptors (Lipinski definition) is 3. The summed E-state index contributed by atoms with van der Waals surface area (Å²) in [6, 6.07) is 15.6. The Morgan fingerprint density at radius 3 is 2.54 bits per heavy atom. The van der Waals surface area contributed by atoms with Crippen LogP contribution in [0.5, 0.6) is 0 Å². The van der Waals surface area contributed by atoms with E-state index in [4.69, 9.17) is 4.74 Å². The fraction of sp³-hybridized carbons (Fsp3) is 0.333. The highest BCUT2D eigenvalue weighted by molar-refractivity contribution is 9.10. The Morgan fingerprint density at radius 1 is 1.08 bits per heavy atom. The molecular weight excluding hydrogens is 394 g/mol. The number of esters is 1. The molecule has 0 aromatic heterocycles. The van der Waals surface area contributed by atoms with Crippen LogP contribution in [-0.2, 0) is 20.9 Å². The molecule has 0 radical (unpaired) electrons. The van der Waals surface area contributed by atoms with Gasteiger partial charge in [0.05, 0.1) is 5.92 Å². The Balaban J connectivity index is 1.33. The van der Waals surface area contributed by atoms with Crippen molar-refractivity contribution in [3.63, 3.8) is 0 Å². The summed E-state index contributed by atoms with van der Waals surface area (Å²) in [6.45, 7) is 0.184. The first-order chi connectivity index (χ1) is 12.6. The number of nitrogens with one attached hydrogen (secondary N) is 1. The summed E-state index contributed by atoms with van der Waals surface area (Å²) in [7, 11) is 0. The number of rotatable bonds is 6. The summed E-state index contributed by atoms with van der Waals surface area (Å²) in [5.41, 5.74) is 2.74. The molecule has 5 heteroatoms. The van der Waals surface area contributed by atoms with Crippen molar-refractivity contribution in [2.45, 2.75) is 31.8 Å². The molecule has 2 aromatic rings. The van der Waals surface area contributed by atoms with Gasteiger partial charge in [-0.05, 0) is 48.9 Å². The highest BCUT2D eigenvalue weighted by Gasteiger charge is 2.45. The Hall–Kier alpha value is -2.14. The van der Waals surface area contributed by atoms with Crippen LogP contribution in [0.4, 0.5) is 5.69 Å². The molecule has 2 aromatic carbocycles. The van der Waals surface area contributed by atoms with E-state index in [2.05, 4.69) is 21.2 Å². The summed E-state index contributed by atoms with van der Waals surface area (Å²) >= 11 is 3.42. The Morgan fingerprint density at radius 2 is 1.81 bits per heavy atom. The van der Waals surface area contributed by atoms with E-state index in [-0.39, 0.29) is 36.2 Å². The number of ether oxygens (including phenoxy) is 1. The van der Waals surface area contributed by atoms with Gasteiger partial charge in [-0.2, -0.15) is 0 Å². The molecule has 2 atom stereocenters. The van der Waals surface area contributed by atoms with Crippen LogP contribution in [0.2, 0.25) is 0 Å². The maximum Gasteiger partial charge on any atom is 0.309 e. The lowest BCUT2D eigenvalue weighted by molar-refractivity contribution is -0.146. The van der Waals surface area contributed by atoms with Crippen LogP contribution < -0.4 is 5.32 Å². The lowest BCUT2D eigenvalue weighted by atomic mass is 10.1. The second-order valence-corrected chi connectivity index (χ2v) is 7.94. The minimum atomic E-state index is -0.166. The van der Waals surface area contributed by atoms with Crippen molar-refractivity contribution in [2.24, 2.45) is 11.8 Å². The van der Waals surface area contributed by atoms with E-state index in [0.29, 0.717) is 0 Å². The molecule has 1 N–H and O–H groups in total. The molecule has 2 saturated carbocycles. The summed E-state index contributed by atoms with van der Waals surface area (Å²) in [5.74, 6) is 0.219. The first-order valence-electron chi connectivity index (χ1n) is 8.92. The highest BCUT2D eigenvalue weighted by Crippen LogP contribution is 2.48. The number of hydrogen-bond donors (Lipinski definition) is 1. The normalized spacial score (nSPS) is 21.1. The predicted octanol–water partition coefficient (Wildman–Crippen LogP) is 4.64. The molecule has 0 bridgehead atoms. The van der Waals surface area contributed by atoms with Crippen molar-refractivity contribution in [2.75, 3.05) is 5.32 Å². The molecule has 0 aliphatic heterocycles. The molecule has 4 rings (SSSR count). The number of carbonyl (C=O) groups is 2. The molecular formula is C21H20BrNO3. The maximum atomic E-state index is 12.4. The maximum absolute atomic E-state index is 12.4. The van der Waals surface area contributed by atoms with Crippen LogP contribution in [0.15, 0.2) is 53.0 Å². The molecule has 0 unspecified atom stereocenters. The molecule has 2 aliphatic rings.